The average molecular weight is 527 g/mol. The number of hydrazone groups is 1. The number of nitrogens with one attached hydrogen (secondary N) is 1. The highest BCUT2D eigenvalue weighted by atomic mass is 32.2. The Morgan fingerprint density at radius 1 is 0.919 bits per heavy atom. The molecule has 0 aliphatic carbocycles. The molecule has 0 aliphatic heterocycles. The lowest BCUT2D eigenvalue weighted by Gasteiger charge is -2.12. The minimum absolute atomic E-state index is 0.0375. The SMILES string of the molecule is CCCOc1ccc(C(=O)N/N=C/c2ccc(OS(=O)(=O)c3ccc(C)cc3)c(OCC)c2)cc1OC. The lowest BCUT2D eigenvalue weighted by Crippen LogP contribution is -2.17. The number of ether oxygens (including phenoxy) is 3. The van der Waals surface area contributed by atoms with Gasteiger partial charge in [-0.1, -0.05) is 24.6 Å². The Bertz CT molecular complexity index is 1350. The average Bonchev–Trinajstić information content (AvgIpc) is 2.89. The Morgan fingerprint density at radius 3 is 2.32 bits per heavy atom. The number of amides is 1. The van der Waals surface area contributed by atoms with Gasteiger partial charge in [0.1, 0.15) is 4.90 Å². The van der Waals surface area contributed by atoms with Crippen LogP contribution in [0.2, 0.25) is 0 Å². The van der Waals surface area contributed by atoms with E-state index in [9.17, 15) is 13.2 Å². The molecule has 0 fully saturated rings. The van der Waals surface area contributed by atoms with Crippen LogP contribution in [0, 0.1) is 6.92 Å². The Balaban J connectivity index is 1.72. The number of carbonyl (C=O) groups excluding carboxylic acids is 1. The fourth-order valence-corrected chi connectivity index (χ4v) is 4.12. The number of carbonyl (C=O) groups is 1. The molecular formula is C27H30N2O7S. The molecule has 0 radical (unpaired) electrons. The van der Waals surface area contributed by atoms with Crippen LogP contribution >= 0.6 is 0 Å². The number of nitrogens with zero attached hydrogens (tertiary/aromatic N) is 1. The molecule has 3 aromatic rings. The normalized spacial score (nSPS) is 11.2. The van der Waals surface area contributed by atoms with Crippen LogP contribution in [-0.2, 0) is 10.1 Å². The first-order valence-electron chi connectivity index (χ1n) is 11.7. The third-order valence-electron chi connectivity index (χ3n) is 5.04. The van der Waals surface area contributed by atoms with Gasteiger partial charge >= 0.3 is 10.1 Å². The van der Waals surface area contributed by atoms with Crippen LogP contribution in [-0.4, -0.2) is 40.9 Å². The van der Waals surface area contributed by atoms with E-state index in [0.29, 0.717) is 29.2 Å². The van der Waals surface area contributed by atoms with Crippen molar-refractivity contribution < 1.29 is 31.6 Å². The molecule has 0 spiro atoms. The van der Waals surface area contributed by atoms with E-state index in [1.54, 1.807) is 49.4 Å². The van der Waals surface area contributed by atoms with Gasteiger partial charge in [0.05, 0.1) is 26.5 Å². The standard InChI is InChI=1S/C27H30N2O7S/c1-5-15-35-23-14-10-21(17-25(23)33-4)27(30)29-28-18-20-9-13-24(26(16-20)34-6-2)36-37(31,32)22-11-7-19(3)8-12-22/h7-14,16-18H,5-6,15H2,1-4H3,(H,29,30)/b28-18+. The van der Waals surface area contributed by atoms with Gasteiger partial charge in [-0.3, -0.25) is 4.79 Å². The van der Waals surface area contributed by atoms with Gasteiger partial charge in [-0.15, -0.1) is 0 Å². The molecular weight excluding hydrogens is 496 g/mol. The summed E-state index contributed by atoms with van der Waals surface area (Å²) in [4.78, 5) is 12.6. The summed E-state index contributed by atoms with van der Waals surface area (Å²) in [6, 6.07) is 15.9. The van der Waals surface area contributed by atoms with Crippen molar-refractivity contribution in [3.05, 3.63) is 77.4 Å². The maximum Gasteiger partial charge on any atom is 0.339 e. The van der Waals surface area contributed by atoms with E-state index >= 15 is 0 Å². The number of hydrogen-bond donors (Lipinski definition) is 1. The van der Waals surface area contributed by atoms with E-state index in [4.69, 9.17) is 18.4 Å². The molecule has 3 rings (SSSR count). The molecule has 0 heterocycles. The van der Waals surface area contributed by atoms with E-state index in [2.05, 4.69) is 10.5 Å². The van der Waals surface area contributed by atoms with Crippen LogP contribution in [0.5, 0.6) is 23.0 Å². The molecule has 3 aromatic carbocycles. The Labute approximate surface area is 217 Å². The summed E-state index contributed by atoms with van der Waals surface area (Å²) in [5.41, 5.74) is 4.30. The van der Waals surface area contributed by atoms with Gasteiger partial charge < -0.3 is 18.4 Å². The highest BCUT2D eigenvalue weighted by Crippen LogP contribution is 2.31. The summed E-state index contributed by atoms with van der Waals surface area (Å²) in [6.45, 7) is 6.46. The van der Waals surface area contributed by atoms with Crippen LogP contribution in [0.15, 0.2) is 70.7 Å². The molecule has 37 heavy (non-hydrogen) atoms. The van der Waals surface area contributed by atoms with Gasteiger partial charge in [0.2, 0.25) is 0 Å². The number of methoxy groups -OCH3 is 1. The van der Waals surface area contributed by atoms with Crippen molar-refractivity contribution in [3.8, 4) is 23.0 Å². The minimum atomic E-state index is -4.05. The molecule has 0 saturated heterocycles. The molecule has 0 aliphatic rings. The first-order valence-corrected chi connectivity index (χ1v) is 13.1. The minimum Gasteiger partial charge on any atom is -0.493 e. The van der Waals surface area contributed by atoms with E-state index < -0.39 is 16.0 Å². The second-order valence-electron chi connectivity index (χ2n) is 7.90. The third-order valence-corrected chi connectivity index (χ3v) is 6.29. The van der Waals surface area contributed by atoms with Crippen molar-refractivity contribution in [1.82, 2.24) is 5.43 Å². The van der Waals surface area contributed by atoms with Crippen LogP contribution in [0.3, 0.4) is 0 Å². The summed E-state index contributed by atoms with van der Waals surface area (Å²) in [5.74, 6) is 0.829. The lowest BCUT2D eigenvalue weighted by molar-refractivity contribution is 0.0954. The zero-order valence-corrected chi connectivity index (χ0v) is 22.0. The summed E-state index contributed by atoms with van der Waals surface area (Å²) in [5, 5.41) is 4.00. The predicted molar refractivity (Wildman–Crippen MR) is 140 cm³/mol. The summed E-state index contributed by atoms with van der Waals surface area (Å²) in [7, 11) is -2.54. The van der Waals surface area contributed by atoms with Gasteiger partial charge in [0, 0.05) is 5.56 Å². The topological polar surface area (TPSA) is 113 Å². The van der Waals surface area contributed by atoms with Gasteiger partial charge in [0.15, 0.2) is 23.0 Å². The van der Waals surface area contributed by atoms with Gasteiger partial charge in [0.25, 0.3) is 5.91 Å². The maximum absolute atomic E-state index is 12.7. The summed E-state index contributed by atoms with van der Waals surface area (Å²) >= 11 is 0. The maximum atomic E-state index is 12.7. The zero-order chi connectivity index (χ0) is 26.8. The van der Waals surface area contributed by atoms with Gasteiger partial charge in [-0.25, -0.2) is 5.43 Å². The van der Waals surface area contributed by atoms with Crippen molar-refractivity contribution in [1.29, 1.82) is 0 Å². The second kappa shape index (κ2) is 12.8. The lowest BCUT2D eigenvalue weighted by atomic mass is 10.2. The molecule has 9 nitrogen and oxygen atoms in total. The quantitative estimate of drug-likeness (QED) is 0.206. The molecule has 1 N–H and O–H groups in total. The van der Waals surface area contributed by atoms with E-state index in [-0.39, 0.29) is 23.0 Å². The van der Waals surface area contributed by atoms with Crippen LogP contribution < -0.4 is 23.8 Å². The monoisotopic (exact) mass is 526 g/mol. The van der Waals surface area contributed by atoms with E-state index in [1.165, 1.54) is 31.5 Å². The van der Waals surface area contributed by atoms with Crippen molar-refractivity contribution >= 4 is 22.2 Å². The molecule has 0 bridgehead atoms. The van der Waals surface area contributed by atoms with E-state index in [1.807, 2.05) is 13.8 Å². The highest BCUT2D eigenvalue weighted by Gasteiger charge is 2.19. The van der Waals surface area contributed by atoms with Crippen LogP contribution in [0.4, 0.5) is 0 Å². The Hall–Kier alpha value is -4.05. The first-order chi connectivity index (χ1) is 17.8. The number of aryl methyl sites for hydroxylation is 1. The van der Waals surface area contributed by atoms with Crippen molar-refractivity contribution in [2.24, 2.45) is 5.10 Å². The Morgan fingerprint density at radius 2 is 1.65 bits per heavy atom. The number of hydrogen-bond acceptors (Lipinski definition) is 8. The number of rotatable bonds is 12. The molecule has 0 aromatic heterocycles. The highest BCUT2D eigenvalue weighted by molar-refractivity contribution is 7.87. The number of benzene rings is 3. The smallest absolute Gasteiger partial charge is 0.339 e. The van der Waals surface area contributed by atoms with Gasteiger partial charge in [-0.2, -0.15) is 13.5 Å². The largest absolute Gasteiger partial charge is 0.493 e. The van der Waals surface area contributed by atoms with Crippen molar-refractivity contribution in [2.75, 3.05) is 20.3 Å². The third kappa shape index (κ3) is 7.47. The second-order valence-corrected chi connectivity index (χ2v) is 9.45. The summed E-state index contributed by atoms with van der Waals surface area (Å²) in [6.07, 6.45) is 2.26. The van der Waals surface area contributed by atoms with Crippen molar-refractivity contribution in [2.45, 2.75) is 32.1 Å². The predicted octanol–water partition coefficient (Wildman–Crippen LogP) is 4.72. The molecule has 10 heteroatoms. The molecule has 0 unspecified atom stereocenters. The van der Waals surface area contributed by atoms with E-state index in [0.717, 1.165) is 12.0 Å². The molecule has 0 atom stereocenters. The molecule has 0 saturated carbocycles. The first kappa shape index (κ1) is 27.5. The molecule has 1 amide bonds. The molecule has 196 valence electrons. The van der Waals surface area contributed by atoms with Crippen LogP contribution in [0.25, 0.3) is 0 Å². The zero-order valence-electron chi connectivity index (χ0n) is 21.2. The van der Waals surface area contributed by atoms with Crippen LogP contribution in [0.1, 0.15) is 41.8 Å². The van der Waals surface area contributed by atoms with Gasteiger partial charge in [-0.05, 0) is 74.4 Å². The fourth-order valence-electron chi connectivity index (χ4n) is 3.18. The fraction of sp³-hybridized carbons (Fsp3) is 0.259. The summed E-state index contributed by atoms with van der Waals surface area (Å²) < 4.78 is 47.2. The Kier molecular flexibility index (Phi) is 9.51. The van der Waals surface area contributed by atoms with Crippen molar-refractivity contribution in [3.63, 3.8) is 0 Å².